The van der Waals surface area contributed by atoms with Gasteiger partial charge in [0.1, 0.15) is 5.82 Å². The number of nitrogens with one attached hydrogen (secondary N) is 2. The van der Waals surface area contributed by atoms with E-state index in [-0.39, 0.29) is 17.9 Å². The Balaban J connectivity index is 1.92. The zero-order valence-corrected chi connectivity index (χ0v) is 13.0. The predicted octanol–water partition coefficient (Wildman–Crippen LogP) is 3.27. The summed E-state index contributed by atoms with van der Waals surface area (Å²) in [5.41, 5.74) is 2.02. The number of benzene rings is 1. The molecule has 0 fully saturated rings. The molecule has 0 aliphatic heterocycles. The maximum absolute atomic E-state index is 12.9. The first-order valence-electron chi connectivity index (χ1n) is 7.51. The second-order valence-corrected chi connectivity index (χ2v) is 5.39. The van der Waals surface area contributed by atoms with Gasteiger partial charge in [0, 0.05) is 24.5 Å². The van der Waals surface area contributed by atoms with E-state index in [4.69, 9.17) is 0 Å². The van der Waals surface area contributed by atoms with E-state index in [0.717, 1.165) is 17.7 Å². The molecule has 2 aromatic rings. The minimum absolute atomic E-state index is 0.158. The standard InChI is InChI=1S/C17H22FN3O/c1-3-13(2)20-17(22)19-11-16-5-4-10-21(16)12-14-6-8-15(18)9-7-14/h4-10,13H,3,11-12H2,1-2H3,(H2,19,20,22). The topological polar surface area (TPSA) is 46.1 Å². The van der Waals surface area contributed by atoms with Gasteiger partial charge >= 0.3 is 6.03 Å². The van der Waals surface area contributed by atoms with Crippen LogP contribution in [0.5, 0.6) is 0 Å². The minimum Gasteiger partial charge on any atom is -0.345 e. The van der Waals surface area contributed by atoms with Crippen LogP contribution in [0.1, 0.15) is 31.5 Å². The van der Waals surface area contributed by atoms with Crippen molar-refractivity contribution < 1.29 is 9.18 Å². The summed E-state index contributed by atoms with van der Waals surface area (Å²) in [6.45, 7) is 5.10. The van der Waals surface area contributed by atoms with Crippen LogP contribution in [0.3, 0.4) is 0 Å². The van der Waals surface area contributed by atoms with Crippen LogP contribution in [0.4, 0.5) is 9.18 Å². The highest BCUT2D eigenvalue weighted by atomic mass is 19.1. The highest BCUT2D eigenvalue weighted by molar-refractivity contribution is 5.74. The van der Waals surface area contributed by atoms with Crippen LogP contribution in [0.25, 0.3) is 0 Å². The van der Waals surface area contributed by atoms with E-state index in [0.29, 0.717) is 13.1 Å². The van der Waals surface area contributed by atoms with Gasteiger partial charge in [-0.3, -0.25) is 0 Å². The molecule has 1 atom stereocenters. The number of carbonyl (C=O) groups excluding carboxylic acids is 1. The zero-order valence-electron chi connectivity index (χ0n) is 13.0. The fourth-order valence-electron chi connectivity index (χ4n) is 2.10. The van der Waals surface area contributed by atoms with Crippen molar-refractivity contribution in [3.05, 3.63) is 59.7 Å². The Morgan fingerprint density at radius 1 is 1.27 bits per heavy atom. The number of carbonyl (C=O) groups is 1. The summed E-state index contributed by atoms with van der Waals surface area (Å²) >= 11 is 0. The van der Waals surface area contributed by atoms with Crippen LogP contribution >= 0.6 is 0 Å². The highest BCUT2D eigenvalue weighted by Crippen LogP contribution is 2.09. The Bertz CT molecular complexity index is 607. The molecule has 1 aromatic carbocycles. The lowest BCUT2D eigenvalue weighted by atomic mass is 10.2. The van der Waals surface area contributed by atoms with Gasteiger partial charge in [-0.2, -0.15) is 0 Å². The highest BCUT2D eigenvalue weighted by Gasteiger charge is 2.07. The number of amides is 2. The van der Waals surface area contributed by atoms with Gasteiger partial charge in [-0.05, 0) is 43.2 Å². The number of aromatic nitrogens is 1. The molecule has 0 saturated heterocycles. The smallest absolute Gasteiger partial charge is 0.315 e. The summed E-state index contributed by atoms with van der Waals surface area (Å²) < 4.78 is 15.0. The zero-order chi connectivity index (χ0) is 15.9. The van der Waals surface area contributed by atoms with E-state index >= 15 is 0 Å². The van der Waals surface area contributed by atoms with E-state index in [9.17, 15) is 9.18 Å². The average molecular weight is 303 g/mol. The molecule has 2 amide bonds. The predicted molar refractivity (Wildman–Crippen MR) is 85.1 cm³/mol. The third kappa shape index (κ3) is 4.62. The number of urea groups is 1. The Morgan fingerprint density at radius 3 is 2.68 bits per heavy atom. The quantitative estimate of drug-likeness (QED) is 0.845. The normalized spacial score (nSPS) is 12.0. The van der Waals surface area contributed by atoms with Crippen molar-refractivity contribution in [2.24, 2.45) is 0 Å². The number of rotatable bonds is 6. The molecule has 0 saturated carbocycles. The molecule has 2 N–H and O–H groups in total. The van der Waals surface area contributed by atoms with Gasteiger partial charge < -0.3 is 15.2 Å². The van der Waals surface area contributed by atoms with Crippen molar-refractivity contribution in [3.8, 4) is 0 Å². The molecule has 2 rings (SSSR count). The molecule has 1 aromatic heterocycles. The second kappa shape index (κ2) is 7.64. The van der Waals surface area contributed by atoms with Gasteiger partial charge in [-0.25, -0.2) is 9.18 Å². The molecule has 0 aliphatic carbocycles. The van der Waals surface area contributed by atoms with Crippen LogP contribution in [0, 0.1) is 5.82 Å². The molecular formula is C17H22FN3O. The van der Waals surface area contributed by atoms with Crippen molar-refractivity contribution in [1.82, 2.24) is 15.2 Å². The fourth-order valence-corrected chi connectivity index (χ4v) is 2.10. The fraction of sp³-hybridized carbons (Fsp3) is 0.353. The summed E-state index contributed by atoms with van der Waals surface area (Å²) in [6, 6.07) is 10.3. The maximum Gasteiger partial charge on any atom is 0.315 e. The molecule has 0 radical (unpaired) electrons. The largest absolute Gasteiger partial charge is 0.345 e. The minimum atomic E-state index is -0.236. The van der Waals surface area contributed by atoms with Crippen molar-refractivity contribution in [2.45, 2.75) is 39.4 Å². The Kier molecular flexibility index (Phi) is 5.58. The van der Waals surface area contributed by atoms with Gasteiger partial charge in [0.25, 0.3) is 0 Å². The van der Waals surface area contributed by atoms with Crippen LogP contribution in [-0.4, -0.2) is 16.6 Å². The van der Waals surface area contributed by atoms with Gasteiger partial charge in [0.2, 0.25) is 0 Å². The molecular weight excluding hydrogens is 281 g/mol. The van der Waals surface area contributed by atoms with Gasteiger partial charge in [0.15, 0.2) is 0 Å². The Hall–Kier alpha value is -2.30. The summed E-state index contributed by atoms with van der Waals surface area (Å²) in [5.74, 6) is -0.236. The molecule has 0 bridgehead atoms. The van der Waals surface area contributed by atoms with Crippen molar-refractivity contribution >= 4 is 6.03 Å². The van der Waals surface area contributed by atoms with Crippen molar-refractivity contribution in [1.29, 1.82) is 0 Å². The third-order valence-electron chi connectivity index (χ3n) is 3.61. The first-order valence-corrected chi connectivity index (χ1v) is 7.51. The first kappa shape index (κ1) is 16.1. The summed E-state index contributed by atoms with van der Waals surface area (Å²) in [6.07, 6.45) is 2.85. The van der Waals surface area contributed by atoms with Gasteiger partial charge in [0.05, 0.1) is 6.54 Å². The van der Waals surface area contributed by atoms with E-state index in [1.165, 1.54) is 12.1 Å². The average Bonchev–Trinajstić information content (AvgIpc) is 2.94. The lowest BCUT2D eigenvalue weighted by Crippen LogP contribution is -2.40. The number of halogens is 1. The van der Waals surface area contributed by atoms with E-state index in [2.05, 4.69) is 10.6 Å². The molecule has 5 heteroatoms. The summed E-state index contributed by atoms with van der Waals surface area (Å²) in [7, 11) is 0. The lowest BCUT2D eigenvalue weighted by molar-refractivity contribution is 0.237. The van der Waals surface area contributed by atoms with E-state index in [1.807, 2.05) is 36.7 Å². The van der Waals surface area contributed by atoms with Crippen molar-refractivity contribution in [2.75, 3.05) is 0 Å². The van der Waals surface area contributed by atoms with Crippen LogP contribution in [-0.2, 0) is 13.1 Å². The van der Waals surface area contributed by atoms with E-state index in [1.54, 1.807) is 12.1 Å². The molecule has 118 valence electrons. The maximum atomic E-state index is 12.9. The molecule has 1 heterocycles. The van der Waals surface area contributed by atoms with Gasteiger partial charge in [-0.1, -0.05) is 19.1 Å². The van der Waals surface area contributed by atoms with Crippen LogP contribution < -0.4 is 10.6 Å². The Morgan fingerprint density at radius 2 is 2.00 bits per heavy atom. The number of nitrogens with zero attached hydrogens (tertiary/aromatic N) is 1. The lowest BCUT2D eigenvalue weighted by Gasteiger charge is -2.14. The first-order chi connectivity index (χ1) is 10.6. The Labute approximate surface area is 130 Å². The van der Waals surface area contributed by atoms with E-state index < -0.39 is 0 Å². The monoisotopic (exact) mass is 303 g/mol. The summed E-state index contributed by atoms with van der Waals surface area (Å²) in [4.78, 5) is 11.7. The number of hydrogen-bond donors (Lipinski definition) is 2. The SMILES string of the molecule is CCC(C)NC(=O)NCc1cccn1Cc1ccc(F)cc1. The molecule has 22 heavy (non-hydrogen) atoms. The number of hydrogen-bond acceptors (Lipinski definition) is 1. The molecule has 4 nitrogen and oxygen atoms in total. The van der Waals surface area contributed by atoms with Crippen molar-refractivity contribution in [3.63, 3.8) is 0 Å². The van der Waals surface area contributed by atoms with Gasteiger partial charge in [-0.15, -0.1) is 0 Å². The molecule has 0 aliphatic rings. The second-order valence-electron chi connectivity index (χ2n) is 5.39. The third-order valence-corrected chi connectivity index (χ3v) is 3.61. The van der Waals surface area contributed by atoms with Crippen LogP contribution in [0.15, 0.2) is 42.6 Å². The van der Waals surface area contributed by atoms with Crippen LogP contribution in [0.2, 0.25) is 0 Å². The molecule has 1 unspecified atom stereocenters. The molecule has 0 spiro atoms. The summed E-state index contributed by atoms with van der Waals surface area (Å²) in [5, 5.41) is 5.72.